The van der Waals surface area contributed by atoms with Gasteiger partial charge in [0.05, 0.1) is 17.0 Å². The van der Waals surface area contributed by atoms with Gasteiger partial charge in [-0.15, -0.1) is 0 Å². The van der Waals surface area contributed by atoms with Crippen molar-refractivity contribution in [3.8, 4) is 11.1 Å². The van der Waals surface area contributed by atoms with Crippen molar-refractivity contribution in [3.63, 3.8) is 0 Å². The molecule has 31 heavy (non-hydrogen) atoms. The third kappa shape index (κ3) is 3.76. The number of anilines is 1. The lowest BCUT2D eigenvalue weighted by Gasteiger charge is -2.19. The Balaban J connectivity index is 1.81. The highest BCUT2D eigenvalue weighted by Gasteiger charge is 2.21. The minimum absolute atomic E-state index is 0.0951. The van der Waals surface area contributed by atoms with Crippen LogP contribution >= 0.6 is 0 Å². The molecule has 0 saturated carbocycles. The SMILES string of the molecule is C[C@@H](Nc1ncnc2c1cc(-c1ccccc1)c(=O)n2C)c1cccc(C(F)F)c1F. The van der Waals surface area contributed by atoms with Gasteiger partial charge in [-0.05, 0) is 18.6 Å². The van der Waals surface area contributed by atoms with Gasteiger partial charge in [-0.2, -0.15) is 0 Å². The van der Waals surface area contributed by atoms with E-state index in [1.54, 1.807) is 20.0 Å². The molecule has 1 atom stereocenters. The summed E-state index contributed by atoms with van der Waals surface area (Å²) in [5.74, 6) is -0.583. The van der Waals surface area contributed by atoms with Gasteiger partial charge < -0.3 is 5.32 Å². The maximum Gasteiger partial charge on any atom is 0.266 e. The Morgan fingerprint density at radius 2 is 1.71 bits per heavy atom. The second kappa shape index (κ2) is 8.22. The molecule has 5 nitrogen and oxygen atoms in total. The van der Waals surface area contributed by atoms with E-state index in [0.29, 0.717) is 22.4 Å². The third-order valence-electron chi connectivity index (χ3n) is 5.20. The summed E-state index contributed by atoms with van der Waals surface area (Å²) in [7, 11) is 1.61. The quantitative estimate of drug-likeness (QED) is 0.476. The fraction of sp³-hybridized carbons (Fsp3) is 0.174. The highest BCUT2D eigenvalue weighted by molar-refractivity contribution is 5.90. The van der Waals surface area contributed by atoms with E-state index in [4.69, 9.17) is 0 Å². The summed E-state index contributed by atoms with van der Waals surface area (Å²) in [6.07, 6.45) is -1.61. The molecule has 4 rings (SSSR count). The second-order valence-electron chi connectivity index (χ2n) is 7.16. The van der Waals surface area contributed by atoms with Crippen molar-refractivity contribution < 1.29 is 13.2 Å². The van der Waals surface area contributed by atoms with Gasteiger partial charge in [0, 0.05) is 18.2 Å². The number of benzene rings is 2. The topological polar surface area (TPSA) is 59.8 Å². The number of hydrogen-bond donors (Lipinski definition) is 1. The summed E-state index contributed by atoms with van der Waals surface area (Å²) >= 11 is 0. The van der Waals surface area contributed by atoms with Crippen LogP contribution in [0, 0.1) is 5.82 Å². The number of aromatic nitrogens is 3. The zero-order valence-electron chi connectivity index (χ0n) is 16.8. The lowest BCUT2D eigenvalue weighted by Crippen LogP contribution is -2.20. The van der Waals surface area contributed by atoms with Gasteiger partial charge >= 0.3 is 0 Å². The van der Waals surface area contributed by atoms with Gasteiger partial charge in [0.15, 0.2) is 0 Å². The number of nitrogens with one attached hydrogen (secondary N) is 1. The monoisotopic (exact) mass is 424 g/mol. The standard InChI is InChI=1S/C23H19F3N4O/c1-13(15-9-6-10-16(19(15)24)20(25)26)29-21-18-11-17(14-7-4-3-5-8-14)23(31)30(2)22(18)28-12-27-21/h3-13,20H,1-2H3,(H,27,28,29)/t13-/m1/s1. The van der Waals surface area contributed by atoms with E-state index in [0.717, 1.165) is 11.6 Å². The summed E-state index contributed by atoms with van der Waals surface area (Å²) in [6, 6.07) is 14.1. The number of alkyl halides is 2. The van der Waals surface area contributed by atoms with Crippen LogP contribution in [0.25, 0.3) is 22.2 Å². The van der Waals surface area contributed by atoms with Crippen molar-refractivity contribution >= 4 is 16.9 Å². The average Bonchev–Trinajstić information content (AvgIpc) is 2.77. The van der Waals surface area contributed by atoms with Crippen molar-refractivity contribution in [2.24, 2.45) is 7.05 Å². The summed E-state index contributed by atoms with van der Waals surface area (Å²) in [4.78, 5) is 21.3. The second-order valence-corrected chi connectivity index (χ2v) is 7.16. The smallest absolute Gasteiger partial charge is 0.266 e. The highest BCUT2D eigenvalue weighted by atomic mass is 19.3. The molecule has 0 amide bonds. The highest BCUT2D eigenvalue weighted by Crippen LogP contribution is 2.30. The third-order valence-corrected chi connectivity index (χ3v) is 5.20. The van der Waals surface area contributed by atoms with E-state index < -0.39 is 23.8 Å². The predicted molar refractivity (Wildman–Crippen MR) is 114 cm³/mol. The van der Waals surface area contributed by atoms with E-state index >= 15 is 0 Å². The molecule has 0 spiro atoms. The van der Waals surface area contributed by atoms with Crippen LogP contribution < -0.4 is 10.9 Å². The molecular weight excluding hydrogens is 405 g/mol. The molecule has 0 unspecified atom stereocenters. The van der Waals surface area contributed by atoms with E-state index in [2.05, 4.69) is 15.3 Å². The summed E-state index contributed by atoms with van der Waals surface area (Å²) in [5, 5.41) is 3.64. The molecule has 0 aliphatic rings. The number of aryl methyl sites for hydroxylation is 1. The van der Waals surface area contributed by atoms with E-state index in [1.807, 2.05) is 30.3 Å². The number of pyridine rings is 1. The van der Waals surface area contributed by atoms with Gasteiger partial charge in [0.25, 0.3) is 12.0 Å². The minimum Gasteiger partial charge on any atom is -0.363 e. The average molecular weight is 424 g/mol. The van der Waals surface area contributed by atoms with E-state index in [1.165, 1.54) is 23.0 Å². The predicted octanol–water partition coefficient (Wildman–Crippen LogP) is 5.25. The Labute approximate surface area is 176 Å². The normalized spacial score (nSPS) is 12.3. The number of fused-ring (bicyclic) bond motifs is 1. The minimum atomic E-state index is -2.91. The van der Waals surface area contributed by atoms with Gasteiger partial charge in [-0.1, -0.05) is 48.5 Å². The van der Waals surface area contributed by atoms with Gasteiger partial charge in [0.2, 0.25) is 0 Å². The summed E-state index contributed by atoms with van der Waals surface area (Å²) < 4.78 is 42.2. The molecule has 0 radical (unpaired) electrons. The maximum atomic E-state index is 14.6. The molecule has 0 saturated heterocycles. The Morgan fingerprint density at radius 3 is 2.42 bits per heavy atom. The van der Waals surface area contributed by atoms with Crippen LogP contribution in [-0.4, -0.2) is 14.5 Å². The first-order valence-corrected chi connectivity index (χ1v) is 9.61. The fourth-order valence-electron chi connectivity index (χ4n) is 3.56. The zero-order valence-corrected chi connectivity index (χ0v) is 16.8. The number of nitrogens with zero attached hydrogens (tertiary/aromatic N) is 3. The van der Waals surface area contributed by atoms with Crippen LogP contribution in [0.4, 0.5) is 19.0 Å². The molecule has 2 heterocycles. The van der Waals surface area contributed by atoms with Crippen LogP contribution in [0.15, 0.2) is 65.7 Å². The molecular formula is C23H19F3N4O. The first-order valence-electron chi connectivity index (χ1n) is 9.61. The van der Waals surface area contributed by atoms with Crippen LogP contribution in [0.5, 0.6) is 0 Å². The van der Waals surface area contributed by atoms with Crippen molar-refractivity contribution in [2.75, 3.05) is 5.32 Å². The molecule has 2 aromatic heterocycles. The van der Waals surface area contributed by atoms with Crippen LogP contribution in [-0.2, 0) is 7.05 Å². The van der Waals surface area contributed by atoms with Crippen LogP contribution in [0.3, 0.4) is 0 Å². The first kappa shape index (κ1) is 20.6. The maximum absolute atomic E-state index is 14.6. The fourth-order valence-corrected chi connectivity index (χ4v) is 3.56. The van der Waals surface area contributed by atoms with Gasteiger partial charge in [-0.3, -0.25) is 9.36 Å². The Morgan fingerprint density at radius 1 is 1.00 bits per heavy atom. The van der Waals surface area contributed by atoms with Crippen molar-refractivity contribution in [1.29, 1.82) is 0 Å². The first-order chi connectivity index (χ1) is 14.9. The van der Waals surface area contributed by atoms with Gasteiger partial charge in [-0.25, -0.2) is 23.1 Å². The molecule has 158 valence electrons. The van der Waals surface area contributed by atoms with Gasteiger partial charge in [0.1, 0.15) is 23.6 Å². The lowest BCUT2D eigenvalue weighted by molar-refractivity contribution is 0.146. The van der Waals surface area contributed by atoms with Crippen molar-refractivity contribution in [2.45, 2.75) is 19.4 Å². The molecule has 2 aromatic carbocycles. The summed E-state index contributed by atoms with van der Waals surface area (Å²) in [6.45, 7) is 1.65. The molecule has 8 heteroatoms. The van der Waals surface area contributed by atoms with E-state index in [9.17, 15) is 18.0 Å². The zero-order chi connectivity index (χ0) is 22.1. The molecule has 0 bridgehead atoms. The van der Waals surface area contributed by atoms with Crippen LogP contribution in [0.1, 0.15) is 30.5 Å². The van der Waals surface area contributed by atoms with Crippen molar-refractivity contribution in [1.82, 2.24) is 14.5 Å². The largest absolute Gasteiger partial charge is 0.363 e. The Bertz CT molecular complexity index is 1310. The molecule has 1 N–H and O–H groups in total. The summed E-state index contributed by atoms with van der Waals surface area (Å²) in [5.41, 5.74) is 0.837. The lowest BCUT2D eigenvalue weighted by atomic mass is 10.0. The molecule has 4 aromatic rings. The Kier molecular flexibility index (Phi) is 5.46. The number of rotatable bonds is 5. The van der Waals surface area contributed by atoms with E-state index in [-0.39, 0.29) is 11.1 Å². The Hall–Kier alpha value is -3.68. The van der Waals surface area contributed by atoms with Crippen LogP contribution in [0.2, 0.25) is 0 Å². The number of hydrogen-bond acceptors (Lipinski definition) is 4. The molecule has 0 aliphatic heterocycles. The molecule has 0 fully saturated rings. The van der Waals surface area contributed by atoms with Crippen molar-refractivity contribution in [3.05, 3.63) is 88.2 Å². The molecule has 0 aliphatic carbocycles. The number of halogens is 3.